The zero-order chi connectivity index (χ0) is 14.8. The highest BCUT2D eigenvalue weighted by atomic mass is 16.4. The highest BCUT2D eigenvalue weighted by Crippen LogP contribution is 2.31. The molecule has 1 aromatic heterocycles. The summed E-state index contributed by atoms with van der Waals surface area (Å²) in [7, 11) is 0. The molecule has 0 radical (unpaired) electrons. The SMILES string of the molecule is C=CCc1c(-c2ccccc2)ccc2c(C)cc(=O)oc12. The van der Waals surface area contributed by atoms with Crippen molar-refractivity contribution < 1.29 is 4.42 Å². The first-order chi connectivity index (χ1) is 10.2. The minimum absolute atomic E-state index is 0.310. The van der Waals surface area contributed by atoms with E-state index in [0.29, 0.717) is 12.0 Å². The third-order valence-corrected chi connectivity index (χ3v) is 3.66. The standard InChI is InChI=1S/C19H16O2/c1-3-7-17-16(14-8-5-4-6-9-14)11-10-15-13(2)12-18(20)21-19(15)17/h3-6,8-12H,1,7H2,2H3. The number of fused-ring (bicyclic) bond motifs is 1. The van der Waals surface area contributed by atoms with Gasteiger partial charge in [-0.1, -0.05) is 48.5 Å². The second-order valence-electron chi connectivity index (χ2n) is 5.08. The van der Waals surface area contributed by atoms with Crippen LogP contribution in [-0.4, -0.2) is 0 Å². The maximum Gasteiger partial charge on any atom is 0.336 e. The first kappa shape index (κ1) is 13.4. The minimum Gasteiger partial charge on any atom is -0.422 e. The van der Waals surface area contributed by atoms with Crippen molar-refractivity contribution in [3.05, 3.63) is 82.7 Å². The van der Waals surface area contributed by atoms with Crippen LogP contribution in [0.5, 0.6) is 0 Å². The number of aryl methyl sites for hydroxylation is 1. The predicted molar refractivity (Wildman–Crippen MR) is 86.6 cm³/mol. The summed E-state index contributed by atoms with van der Waals surface area (Å²) in [6, 6.07) is 15.7. The molecule has 3 rings (SSSR count). The number of benzene rings is 2. The van der Waals surface area contributed by atoms with Gasteiger partial charge in [-0.3, -0.25) is 0 Å². The topological polar surface area (TPSA) is 30.2 Å². The molecule has 0 aliphatic rings. The summed E-state index contributed by atoms with van der Waals surface area (Å²) >= 11 is 0. The van der Waals surface area contributed by atoms with Gasteiger partial charge in [-0.25, -0.2) is 4.79 Å². The van der Waals surface area contributed by atoms with Crippen molar-refractivity contribution >= 4 is 11.0 Å². The van der Waals surface area contributed by atoms with E-state index in [9.17, 15) is 4.79 Å². The Kier molecular flexibility index (Phi) is 3.44. The van der Waals surface area contributed by atoms with Gasteiger partial charge in [0.2, 0.25) is 0 Å². The summed E-state index contributed by atoms with van der Waals surface area (Å²) in [5.74, 6) is 0. The molecule has 0 N–H and O–H groups in total. The third-order valence-electron chi connectivity index (χ3n) is 3.66. The average molecular weight is 276 g/mol. The van der Waals surface area contributed by atoms with Gasteiger partial charge in [0.25, 0.3) is 0 Å². The zero-order valence-electron chi connectivity index (χ0n) is 11.9. The van der Waals surface area contributed by atoms with Crippen LogP contribution in [0.25, 0.3) is 22.1 Å². The van der Waals surface area contributed by atoms with Crippen molar-refractivity contribution in [3.8, 4) is 11.1 Å². The highest BCUT2D eigenvalue weighted by Gasteiger charge is 2.12. The van der Waals surface area contributed by atoms with Crippen LogP contribution in [0.1, 0.15) is 11.1 Å². The maximum atomic E-state index is 11.7. The van der Waals surface area contributed by atoms with Gasteiger partial charge in [0.05, 0.1) is 0 Å². The van der Waals surface area contributed by atoms with Crippen molar-refractivity contribution in [2.75, 3.05) is 0 Å². The molecule has 0 saturated heterocycles. The van der Waals surface area contributed by atoms with E-state index in [1.165, 1.54) is 6.07 Å². The minimum atomic E-state index is -0.310. The van der Waals surface area contributed by atoms with Gasteiger partial charge in [0.15, 0.2) is 0 Å². The molecular weight excluding hydrogens is 260 g/mol. The first-order valence-corrected chi connectivity index (χ1v) is 6.93. The summed E-state index contributed by atoms with van der Waals surface area (Å²) < 4.78 is 5.48. The Morgan fingerprint density at radius 1 is 1.14 bits per heavy atom. The molecular formula is C19H16O2. The van der Waals surface area contributed by atoms with E-state index < -0.39 is 0 Å². The van der Waals surface area contributed by atoms with Crippen LogP contribution in [0.15, 0.2) is 70.4 Å². The lowest BCUT2D eigenvalue weighted by atomic mass is 9.94. The maximum absolute atomic E-state index is 11.7. The molecule has 0 spiro atoms. The van der Waals surface area contributed by atoms with Crippen LogP contribution in [0.4, 0.5) is 0 Å². The van der Waals surface area contributed by atoms with Gasteiger partial charge >= 0.3 is 5.63 Å². The van der Waals surface area contributed by atoms with Crippen molar-refractivity contribution in [2.45, 2.75) is 13.3 Å². The molecule has 3 aromatic rings. The Balaban J connectivity index is 2.39. The van der Waals surface area contributed by atoms with Crippen LogP contribution >= 0.6 is 0 Å². The quantitative estimate of drug-likeness (QED) is 0.521. The molecule has 0 bridgehead atoms. The average Bonchev–Trinajstić information content (AvgIpc) is 2.49. The van der Waals surface area contributed by atoms with Crippen molar-refractivity contribution in [3.63, 3.8) is 0 Å². The fourth-order valence-electron chi connectivity index (χ4n) is 2.67. The molecule has 21 heavy (non-hydrogen) atoms. The van der Waals surface area contributed by atoms with E-state index in [2.05, 4.69) is 24.8 Å². The second-order valence-corrected chi connectivity index (χ2v) is 5.08. The van der Waals surface area contributed by atoms with Crippen molar-refractivity contribution in [1.29, 1.82) is 0 Å². The van der Waals surface area contributed by atoms with Gasteiger partial charge in [0, 0.05) is 17.0 Å². The van der Waals surface area contributed by atoms with Crippen LogP contribution < -0.4 is 5.63 Å². The van der Waals surface area contributed by atoms with Crippen molar-refractivity contribution in [2.24, 2.45) is 0 Å². The Hall–Kier alpha value is -2.61. The Bertz CT molecular complexity index is 858. The van der Waals surface area contributed by atoms with Gasteiger partial charge in [-0.05, 0) is 30.0 Å². The second kappa shape index (κ2) is 5.41. The molecule has 0 atom stereocenters. The molecule has 0 aliphatic heterocycles. The van der Waals surface area contributed by atoms with Gasteiger partial charge in [0.1, 0.15) is 5.58 Å². The lowest BCUT2D eigenvalue weighted by Crippen LogP contribution is -2.01. The van der Waals surface area contributed by atoms with E-state index >= 15 is 0 Å². The molecule has 0 fully saturated rings. The molecule has 0 amide bonds. The molecule has 1 heterocycles. The lowest BCUT2D eigenvalue weighted by Gasteiger charge is -2.12. The smallest absolute Gasteiger partial charge is 0.336 e. The first-order valence-electron chi connectivity index (χ1n) is 6.93. The zero-order valence-corrected chi connectivity index (χ0v) is 11.9. The summed E-state index contributed by atoms with van der Waals surface area (Å²) in [5, 5.41) is 0.978. The number of allylic oxidation sites excluding steroid dienone is 1. The molecule has 104 valence electrons. The Morgan fingerprint density at radius 3 is 2.62 bits per heavy atom. The normalized spacial score (nSPS) is 10.7. The fraction of sp³-hybridized carbons (Fsp3) is 0.105. The van der Waals surface area contributed by atoms with Crippen LogP contribution in [0, 0.1) is 6.92 Å². The number of rotatable bonds is 3. The predicted octanol–water partition coefficient (Wildman–Crippen LogP) is 4.50. The van der Waals surface area contributed by atoms with E-state index in [4.69, 9.17) is 4.42 Å². The summed E-state index contributed by atoms with van der Waals surface area (Å²) in [6.07, 6.45) is 2.50. The van der Waals surface area contributed by atoms with E-state index in [1.54, 1.807) is 0 Å². The van der Waals surface area contributed by atoms with Crippen LogP contribution in [0.2, 0.25) is 0 Å². The summed E-state index contributed by atoms with van der Waals surface area (Å²) in [5.41, 5.74) is 4.50. The monoisotopic (exact) mass is 276 g/mol. The Morgan fingerprint density at radius 2 is 1.90 bits per heavy atom. The van der Waals surface area contributed by atoms with Crippen LogP contribution in [-0.2, 0) is 6.42 Å². The molecule has 0 saturated carbocycles. The Labute approximate surface area is 123 Å². The van der Waals surface area contributed by atoms with Gasteiger partial charge in [-0.2, -0.15) is 0 Å². The van der Waals surface area contributed by atoms with Gasteiger partial charge in [-0.15, -0.1) is 6.58 Å². The van der Waals surface area contributed by atoms with Crippen LogP contribution in [0.3, 0.4) is 0 Å². The van der Waals surface area contributed by atoms with E-state index in [-0.39, 0.29) is 5.63 Å². The molecule has 2 nitrogen and oxygen atoms in total. The highest BCUT2D eigenvalue weighted by molar-refractivity contribution is 5.89. The summed E-state index contributed by atoms with van der Waals surface area (Å²) in [6.45, 7) is 5.75. The van der Waals surface area contributed by atoms with E-state index in [1.807, 2.05) is 37.3 Å². The molecule has 0 aliphatic carbocycles. The largest absolute Gasteiger partial charge is 0.422 e. The van der Waals surface area contributed by atoms with Crippen molar-refractivity contribution in [1.82, 2.24) is 0 Å². The number of hydrogen-bond donors (Lipinski definition) is 0. The summed E-state index contributed by atoms with van der Waals surface area (Å²) in [4.78, 5) is 11.7. The molecule has 2 heteroatoms. The van der Waals surface area contributed by atoms with E-state index in [0.717, 1.165) is 27.6 Å². The number of hydrogen-bond acceptors (Lipinski definition) is 2. The fourth-order valence-corrected chi connectivity index (χ4v) is 2.67. The molecule has 0 unspecified atom stereocenters. The third kappa shape index (κ3) is 2.40. The molecule has 2 aromatic carbocycles. The van der Waals surface area contributed by atoms with Gasteiger partial charge < -0.3 is 4.42 Å². The lowest BCUT2D eigenvalue weighted by molar-refractivity contribution is 0.557.